The number of benzene rings is 1. The van der Waals surface area contributed by atoms with Crippen molar-refractivity contribution in [3.8, 4) is 0 Å². The molecule has 0 aliphatic rings. The first kappa shape index (κ1) is 14.8. The predicted octanol–water partition coefficient (Wildman–Crippen LogP) is 4.56. The van der Waals surface area contributed by atoms with Gasteiger partial charge in [-0.2, -0.15) is 0 Å². The Morgan fingerprint density at radius 3 is 2.65 bits per heavy atom. The molecule has 0 radical (unpaired) electrons. The minimum Gasteiger partial charge on any atom is -0.316 e. The van der Waals surface area contributed by atoms with Crippen molar-refractivity contribution in [1.29, 1.82) is 0 Å². The van der Waals surface area contributed by atoms with Crippen molar-refractivity contribution < 1.29 is 0 Å². The number of halogens is 2. The molecule has 1 aromatic carbocycles. The molecule has 1 unspecified atom stereocenters. The van der Waals surface area contributed by atoms with Crippen molar-refractivity contribution in [2.24, 2.45) is 5.92 Å². The molecule has 0 aliphatic heterocycles. The molecule has 1 N–H and O–H groups in total. The highest BCUT2D eigenvalue weighted by atomic mass is 35.5. The van der Waals surface area contributed by atoms with Gasteiger partial charge in [0.05, 0.1) is 10.0 Å². The zero-order chi connectivity index (χ0) is 12.7. The summed E-state index contributed by atoms with van der Waals surface area (Å²) in [6.45, 7) is 6.53. The lowest BCUT2D eigenvalue weighted by atomic mass is 9.97. The van der Waals surface area contributed by atoms with Crippen LogP contribution in [0, 0.1) is 5.92 Å². The first-order valence-corrected chi connectivity index (χ1v) is 7.08. The van der Waals surface area contributed by atoms with Gasteiger partial charge in [-0.15, -0.1) is 0 Å². The van der Waals surface area contributed by atoms with Crippen LogP contribution < -0.4 is 5.32 Å². The summed E-state index contributed by atoms with van der Waals surface area (Å²) in [6.07, 6.45) is 3.32. The third-order valence-corrected chi connectivity index (χ3v) is 3.84. The van der Waals surface area contributed by atoms with Gasteiger partial charge in [-0.3, -0.25) is 0 Å². The summed E-state index contributed by atoms with van der Waals surface area (Å²) in [6, 6.07) is 5.87. The predicted molar refractivity (Wildman–Crippen MR) is 77.1 cm³/mol. The highest BCUT2D eigenvalue weighted by Gasteiger charge is 2.11. The highest BCUT2D eigenvalue weighted by molar-refractivity contribution is 6.42. The summed E-state index contributed by atoms with van der Waals surface area (Å²) in [7, 11) is 0. The molecular formula is C14H21Cl2N. The van der Waals surface area contributed by atoms with Crippen LogP contribution in [-0.2, 0) is 6.42 Å². The van der Waals surface area contributed by atoms with E-state index < -0.39 is 0 Å². The summed E-state index contributed by atoms with van der Waals surface area (Å²) in [5.41, 5.74) is 1.16. The van der Waals surface area contributed by atoms with Gasteiger partial charge >= 0.3 is 0 Å². The van der Waals surface area contributed by atoms with E-state index >= 15 is 0 Å². The van der Waals surface area contributed by atoms with Gasteiger partial charge in [-0.1, -0.05) is 55.6 Å². The van der Waals surface area contributed by atoms with E-state index in [4.69, 9.17) is 23.2 Å². The van der Waals surface area contributed by atoms with Crippen LogP contribution >= 0.6 is 23.2 Å². The third kappa shape index (κ3) is 4.87. The minimum atomic E-state index is 0.623. The van der Waals surface area contributed by atoms with Gasteiger partial charge in [0.15, 0.2) is 0 Å². The van der Waals surface area contributed by atoms with Crippen LogP contribution in [0.25, 0.3) is 0 Å². The average Bonchev–Trinajstić information content (AvgIpc) is 2.33. The largest absolute Gasteiger partial charge is 0.316 e. The highest BCUT2D eigenvalue weighted by Crippen LogP contribution is 2.27. The zero-order valence-electron chi connectivity index (χ0n) is 10.6. The maximum absolute atomic E-state index is 6.20. The van der Waals surface area contributed by atoms with E-state index in [2.05, 4.69) is 25.2 Å². The molecule has 0 saturated carbocycles. The van der Waals surface area contributed by atoms with Crippen molar-refractivity contribution in [1.82, 2.24) is 5.32 Å². The molecule has 0 heterocycles. The topological polar surface area (TPSA) is 12.0 Å². The summed E-state index contributed by atoms with van der Waals surface area (Å²) in [5, 5.41) is 4.83. The van der Waals surface area contributed by atoms with Gasteiger partial charge in [-0.25, -0.2) is 0 Å². The molecular weight excluding hydrogens is 253 g/mol. The van der Waals surface area contributed by atoms with Crippen LogP contribution in [0.4, 0.5) is 0 Å². The molecule has 1 aromatic rings. The van der Waals surface area contributed by atoms with Crippen LogP contribution in [0.3, 0.4) is 0 Å². The standard InChI is InChI=1S/C14H21Cl2N/c1-3-8-17-10-11(4-2)9-12-6-5-7-13(15)14(12)16/h5-7,11,17H,3-4,8-10H2,1-2H3. The smallest absolute Gasteiger partial charge is 0.0624 e. The zero-order valence-corrected chi connectivity index (χ0v) is 12.1. The van der Waals surface area contributed by atoms with E-state index in [9.17, 15) is 0 Å². The average molecular weight is 274 g/mol. The Kier molecular flexibility index (Phi) is 6.94. The van der Waals surface area contributed by atoms with Crippen LogP contribution in [-0.4, -0.2) is 13.1 Å². The van der Waals surface area contributed by atoms with Gasteiger partial charge < -0.3 is 5.32 Å². The Bertz CT molecular complexity index is 339. The molecule has 1 rings (SSSR count). The molecule has 0 bridgehead atoms. The molecule has 0 saturated heterocycles. The molecule has 0 fully saturated rings. The number of rotatable bonds is 7. The summed E-state index contributed by atoms with van der Waals surface area (Å²) in [5.74, 6) is 0.623. The second-order valence-corrected chi connectivity index (χ2v) is 5.18. The number of hydrogen-bond acceptors (Lipinski definition) is 1. The quantitative estimate of drug-likeness (QED) is 0.718. The van der Waals surface area contributed by atoms with Gasteiger partial charge in [0.2, 0.25) is 0 Å². The second kappa shape index (κ2) is 7.97. The van der Waals surface area contributed by atoms with Crippen molar-refractivity contribution in [2.75, 3.05) is 13.1 Å². The van der Waals surface area contributed by atoms with E-state index in [-0.39, 0.29) is 0 Å². The maximum Gasteiger partial charge on any atom is 0.0624 e. The van der Waals surface area contributed by atoms with Gasteiger partial charge in [-0.05, 0) is 43.5 Å². The lowest BCUT2D eigenvalue weighted by Crippen LogP contribution is -2.24. The van der Waals surface area contributed by atoms with Crippen LogP contribution in [0.2, 0.25) is 10.0 Å². The Morgan fingerprint density at radius 2 is 2.00 bits per heavy atom. The van der Waals surface area contributed by atoms with Crippen LogP contribution in [0.5, 0.6) is 0 Å². The normalized spacial score (nSPS) is 12.7. The fraction of sp³-hybridized carbons (Fsp3) is 0.571. The van der Waals surface area contributed by atoms with E-state index in [1.165, 1.54) is 6.42 Å². The van der Waals surface area contributed by atoms with Crippen molar-refractivity contribution in [3.63, 3.8) is 0 Å². The second-order valence-electron chi connectivity index (χ2n) is 4.40. The molecule has 0 spiro atoms. The van der Waals surface area contributed by atoms with Crippen molar-refractivity contribution >= 4 is 23.2 Å². The monoisotopic (exact) mass is 273 g/mol. The number of nitrogens with one attached hydrogen (secondary N) is 1. The van der Waals surface area contributed by atoms with E-state index in [0.29, 0.717) is 16.0 Å². The van der Waals surface area contributed by atoms with E-state index in [0.717, 1.165) is 31.5 Å². The fourth-order valence-electron chi connectivity index (χ4n) is 1.86. The molecule has 0 aromatic heterocycles. The Balaban J connectivity index is 2.57. The summed E-state index contributed by atoms with van der Waals surface area (Å²) >= 11 is 12.2. The maximum atomic E-state index is 6.20. The fourth-order valence-corrected chi connectivity index (χ4v) is 2.26. The molecule has 0 aliphatic carbocycles. The number of hydrogen-bond donors (Lipinski definition) is 1. The minimum absolute atomic E-state index is 0.623. The van der Waals surface area contributed by atoms with E-state index in [1.807, 2.05) is 12.1 Å². The van der Waals surface area contributed by atoms with Gasteiger partial charge in [0.25, 0.3) is 0 Å². The van der Waals surface area contributed by atoms with Crippen LogP contribution in [0.1, 0.15) is 32.3 Å². The SMILES string of the molecule is CCCNCC(CC)Cc1cccc(Cl)c1Cl. The van der Waals surface area contributed by atoms with Crippen molar-refractivity contribution in [2.45, 2.75) is 33.1 Å². The Labute approximate surface area is 115 Å². The molecule has 0 amide bonds. The van der Waals surface area contributed by atoms with E-state index in [1.54, 1.807) is 0 Å². The molecule has 96 valence electrons. The van der Waals surface area contributed by atoms with Crippen molar-refractivity contribution in [3.05, 3.63) is 33.8 Å². The molecule has 17 heavy (non-hydrogen) atoms. The Morgan fingerprint density at radius 1 is 1.24 bits per heavy atom. The molecule has 3 heteroatoms. The first-order chi connectivity index (χ1) is 8.19. The lowest BCUT2D eigenvalue weighted by Gasteiger charge is -2.16. The molecule has 1 nitrogen and oxygen atoms in total. The van der Waals surface area contributed by atoms with Crippen LogP contribution in [0.15, 0.2) is 18.2 Å². The third-order valence-electron chi connectivity index (χ3n) is 2.98. The summed E-state index contributed by atoms with van der Waals surface area (Å²) in [4.78, 5) is 0. The van der Waals surface area contributed by atoms with Gasteiger partial charge in [0.1, 0.15) is 0 Å². The molecule has 1 atom stereocenters. The summed E-state index contributed by atoms with van der Waals surface area (Å²) < 4.78 is 0. The first-order valence-electron chi connectivity index (χ1n) is 6.32. The Hall–Kier alpha value is -0.240. The lowest BCUT2D eigenvalue weighted by molar-refractivity contribution is 0.460. The van der Waals surface area contributed by atoms with Gasteiger partial charge in [0, 0.05) is 0 Å².